The van der Waals surface area contributed by atoms with E-state index >= 15 is 0 Å². The zero-order valence-electron chi connectivity index (χ0n) is 11.8. The summed E-state index contributed by atoms with van der Waals surface area (Å²) in [6.45, 7) is 3.99. The van der Waals surface area contributed by atoms with Crippen molar-refractivity contribution in [1.82, 2.24) is 5.32 Å². The first-order valence-electron chi connectivity index (χ1n) is 6.72. The molecule has 0 aromatic rings. The molecule has 112 valence electrons. The monoisotopic (exact) mass is 291 g/mol. The molecule has 0 aliphatic carbocycles. The van der Waals surface area contributed by atoms with Crippen LogP contribution in [0.2, 0.25) is 0 Å². The van der Waals surface area contributed by atoms with Gasteiger partial charge in [-0.3, -0.25) is 4.99 Å². The number of guanidine groups is 1. The quantitative estimate of drug-likeness (QED) is 0.416. The number of rotatable bonds is 6. The Morgan fingerprint density at radius 2 is 2.05 bits per heavy atom. The van der Waals surface area contributed by atoms with Gasteiger partial charge in [-0.2, -0.15) is 0 Å². The molecule has 1 saturated heterocycles. The Kier molecular flexibility index (Phi) is 6.06. The van der Waals surface area contributed by atoms with Crippen LogP contribution in [-0.4, -0.2) is 51.7 Å². The summed E-state index contributed by atoms with van der Waals surface area (Å²) in [7, 11) is -3.18. The molecule has 6 nitrogen and oxygen atoms in total. The minimum absolute atomic E-state index is 0.208. The van der Waals surface area contributed by atoms with Crippen LogP contribution in [0.1, 0.15) is 32.6 Å². The molecule has 0 saturated carbocycles. The summed E-state index contributed by atoms with van der Waals surface area (Å²) < 4.78 is 28.4. The van der Waals surface area contributed by atoms with Gasteiger partial charge in [0.25, 0.3) is 0 Å². The number of nitrogens with zero attached hydrogens (tertiary/aromatic N) is 1. The van der Waals surface area contributed by atoms with Gasteiger partial charge >= 0.3 is 0 Å². The number of nitrogens with one attached hydrogen (secondary N) is 1. The fraction of sp³-hybridized carbons (Fsp3) is 0.917. The minimum Gasteiger partial charge on any atom is -0.381 e. The Morgan fingerprint density at radius 3 is 2.58 bits per heavy atom. The number of ether oxygens (including phenoxy) is 1. The maximum atomic E-state index is 12.0. The van der Waals surface area contributed by atoms with Crippen molar-refractivity contribution in [1.29, 1.82) is 0 Å². The van der Waals surface area contributed by atoms with Crippen LogP contribution in [0, 0.1) is 0 Å². The molecule has 0 atom stereocenters. The Labute approximate surface area is 115 Å². The Morgan fingerprint density at radius 1 is 1.42 bits per heavy atom. The zero-order valence-corrected chi connectivity index (χ0v) is 12.6. The predicted octanol–water partition coefficient (Wildman–Crippen LogP) is 0.285. The molecule has 1 aliphatic heterocycles. The number of nitrogens with two attached hydrogens (primary N) is 1. The molecule has 1 rings (SSSR count). The molecule has 1 fully saturated rings. The summed E-state index contributed by atoms with van der Waals surface area (Å²) in [5, 5.41) is 2.99. The smallest absolute Gasteiger partial charge is 0.188 e. The van der Waals surface area contributed by atoms with Crippen LogP contribution in [0.15, 0.2) is 4.99 Å². The average Bonchev–Trinajstić information content (AvgIpc) is 2.36. The molecular weight excluding hydrogens is 266 g/mol. The van der Waals surface area contributed by atoms with Crippen LogP contribution in [-0.2, 0) is 14.6 Å². The van der Waals surface area contributed by atoms with Crippen molar-refractivity contribution in [3.8, 4) is 0 Å². The maximum absolute atomic E-state index is 12.0. The van der Waals surface area contributed by atoms with Crippen LogP contribution < -0.4 is 11.1 Å². The summed E-state index contributed by atoms with van der Waals surface area (Å²) in [5.41, 5.74) is 5.75. The van der Waals surface area contributed by atoms with E-state index in [-0.39, 0.29) is 6.54 Å². The van der Waals surface area contributed by atoms with E-state index < -0.39 is 14.6 Å². The zero-order chi connectivity index (χ0) is 14.4. The third-order valence-corrected chi connectivity index (χ3v) is 5.68. The third kappa shape index (κ3) is 4.65. The molecule has 0 unspecified atom stereocenters. The fourth-order valence-corrected chi connectivity index (χ4v) is 3.28. The summed E-state index contributed by atoms with van der Waals surface area (Å²) in [5.74, 6) is 0.322. The molecule has 7 heteroatoms. The molecular formula is C12H25N3O3S. The highest BCUT2D eigenvalue weighted by Gasteiger charge is 2.42. The highest BCUT2D eigenvalue weighted by atomic mass is 32.2. The highest BCUT2D eigenvalue weighted by Crippen LogP contribution is 2.29. The van der Waals surface area contributed by atoms with Crippen LogP contribution in [0.4, 0.5) is 0 Å². The lowest BCUT2D eigenvalue weighted by atomic mass is 9.99. The van der Waals surface area contributed by atoms with Gasteiger partial charge in [-0.1, -0.05) is 13.3 Å². The second-order valence-corrected chi connectivity index (χ2v) is 7.46. The van der Waals surface area contributed by atoms with Gasteiger partial charge in [-0.15, -0.1) is 0 Å². The van der Waals surface area contributed by atoms with Gasteiger partial charge in [-0.25, -0.2) is 8.42 Å². The second kappa shape index (κ2) is 7.09. The largest absolute Gasteiger partial charge is 0.381 e. The lowest BCUT2D eigenvalue weighted by Gasteiger charge is -2.34. The van der Waals surface area contributed by atoms with Crippen molar-refractivity contribution in [3.05, 3.63) is 0 Å². The van der Waals surface area contributed by atoms with Crippen molar-refractivity contribution < 1.29 is 13.2 Å². The Bertz CT molecular complexity index is 400. The van der Waals surface area contributed by atoms with Gasteiger partial charge in [0.1, 0.15) is 0 Å². The number of sulfone groups is 1. The first-order valence-corrected chi connectivity index (χ1v) is 8.61. The van der Waals surface area contributed by atoms with Crippen LogP contribution in [0.25, 0.3) is 0 Å². The highest BCUT2D eigenvalue weighted by molar-refractivity contribution is 7.92. The number of hydrogen-bond donors (Lipinski definition) is 2. The van der Waals surface area contributed by atoms with E-state index in [9.17, 15) is 8.42 Å². The first kappa shape index (κ1) is 16.2. The SMILES string of the molecule is CCCCNC(N)=NCC1(S(C)(=O)=O)CCOCC1. The van der Waals surface area contributed by atoms with Crippen molar-refractivity contribution in [2.24, 2.45) is 10.7 Å². The summed E-state index contributed by atoms with van der Waals surface area (Å²) in [6.07, 6.45) is 4.33. The molecule has 0 amide bonds. The molecule has 0 radical (unpaired) electrons. The molecule has 3 N–H and O–H groups in total. The molecule has 0 bridgehead atoms. The van der Waals surface area contributed by atoms with Crippen molar-refractivity contribution >= 4 is 15.8 Å². The fourth-order valence-electron chi connectivity index (χ4n) is 2.07. The summed E-state index contributed by atoms with van der Waals surface area (Å²) >= 11 is 0. The average molecular weight is 291 g/mol. The van der Waals surface area contributed by atoms with Crippen LogP contribution in [0.3, 0.4) is 0 Å². The van der Waals surface area contributed by atoms with E-state index in [0.717, 1.165) is 19.4 Å². The topological polar surface area (TPSA) is 93.8 Å². The second-order valence-electron chi connectivity index (χ2n) is 5.05. The van der Waals surface area contributed by atoms with Crippen LogP contribution >= 0.6 is 0 Å². The van der Waals surface area contributed by atoms with E-state index in [0.29, 0.717) is 32.0 Å². The number of unbranched alkanes of at least 4 members (excludes halogenated alkanes) is 1. The summed E-state index contributed by atoms with van der Waals surface area (Å²) in [4.78, 5) is 4.21. The van der Waals surface area contributed by atoms with Crippen molar-refractivity contribution in [2.75, 3.05) is 32.6 Å². The molecule has 0 aromatic carbocycles. The summed E-state index contributed by atoms with van der Waals surface area (Å²) in [6, 6.07) is 0. The minimum atomic E-state index is -3.18. The third-order valence-electron chi connectivity index (χ3n) is 3.56. The Balaban J connectivity index is 2.66. The van der Waals surface area contributed by atoms with Gasteiger partial charge in [0.2, 0.25) is 0 Å². The lowest BCUT2D eigenvalue weighted by Crippen LogP contribution is -2.47. The normalized spacial score (nSPS) is 20.2. The van der Waals surface area contributed by atoms with Gasteiger partial charge < -0.3 is 15.8 Å². The van der Waals surface area contributed by atoms with Gasteiger partial charge in [0, 0.05) is 26.0 Å². The Hall–Kier alpha value is -0.820. The standard InChI is InChI=1S/C12H25N3O3S/c1-3-4-7-14-11(13)15-10-12(19(2,16)17)5-8-18-9-6-12/h3-10H2,1-2H3,(H3,13,14,15). The number of hydrogen-bond acceptors (Lipinski definition) is 4. The van der Waals surface area contributed by atoms with E-state index in [1.807, 2.05) is 0 Å². The molecule has 1 aliphatic rings. The molecule has 0 spiro atoms. The number of aliphatic imine (C=N–C) groups is 1. The van der Waals surface area contributed by atoms with E-state index in [1.165, 1.54) is 6.26 Å². The van der Waals surface area contributed by atoms with Gasteiger partial charge in [0.05, 0.1) is 11.3 Å². The first-order chi connectivity index (χ1) is 8.91. The van der Waals surface area contributed by atoms with Crippen LogP contribution in [0.5, 0.6) is 0 Å². The van der Waals surface area contributed by atoms with E-state index in [1.54, 1.807) is 0 Å². The lowest BCUT2D eigenvalue weighted by molar-refractivity contribution is 0.0768. The van der Waals surface area contributed by atoms with Gasteiger partial charge in [-0.05, 0) is 19.3 Å². The predicted molar refractivity (Wildman–Crippen MR) is 77.0 cm³/mol. The van der Waals surface area contributed by atoms with Crippen molar-refractivity contribution in [2.45, 2.75) is 37.4 Å². The maximum Gasteiger partial charge on any atom is 0.188 e. The molecule has 19 heavy (non-hydrogen) atoms. The van der Waals surface area contributed by atoms with Crippen molar-refractivity contribution in [3.63, 3.8) is 0 Å². The van der Waals surface area contributed by atoms with E-state index in [4.69, 9.17) is 10.5 Å². The molecule has 1 heterocycles. The van der Waals surface area contributed by atoms with E-state index in [2.05, 4.69) is 17.2 Å². The van der Waals surface area contributed by atoms with Gasteiger partial charge in [0.15, 0.2) is 15.8 Å². The molecule has 0 aromatic heterocycles.